The van der Waals surface area contributed by atoms with Gasteiger partial charge in [0.05, 0.1) is 11.4 Å². The minimum absolute atomic E-state index is 0.00221. The standard InChI is InChI=1S/C27H19F2N3O3S/c28-19-7-5-17(6-8-19)14-32-26(34)24(36-27(32)35)13-18-15-31(23-4-2-1-3-22(18)23)16-25(33)30-21-11-9-20(29)10-12-21/h1-13,15H,14,16H2,(H,30,33). The van der Waals surface area contributed by atoms with Gasteiger partial charge in [0.1, 0.15) is 18.2 Å². The number of carbonyl (C=O) groups is 3. The lowest BCUT2D eigenvalue weighted by molar-refractivity contribution is -0.123. The number of rotatable bonds is 6. The first-order valence-corrected chi connectivity index (χ1v) is 11.8. The van der Waals surface area contributed by atoms with Gasteiger partial charge >= 0.3 is 0 Å². The Morgan fingerprint density at radius 3 is 2.31 bits per heavy atom. The van der Waals surface area contributed by atoms with E-state index in [0.717, 1.165) is 27.6 Å². The number of imide groups is 1. The van der Waals surface area contributed by atoms with Crippen molar-refractivity contribution in [3.8, 4) is 0 Å². The fourth-order valence-corrected chi connectivity index (χ4v) is 4.79. The minimum Gasteiger partial charge on any atom is -0.337 e. The van der Waals surface area contributed by atoms with Gasteiger partial charge in [-0.2, -0.15) is 0 Å². The predicted molar refractivity (Wildman–Crippen MR) is 135 cm³/mol. The number of hydrogen-bond donors (Lipinski definition) is 1. The molecule has 1 fully saturated rings. The zero-order chi connectivity index (χ0) is 25.2. The molecule has 0 spiro atoms. The third kappa shape index (κ3) is 4.92. The van der Waals surface area contributed by atoms with Crippen LogP contribution in [0.15, 0.2) is 83.9 Å². The summed E-state index contributed by atoms with van der Waals surface area (Å²) in [5.41, 5.74) is 2.59. The van der Waals surface area contributed by atoms with E-state index in [4.69, 9.17) is 0 Å². The van der Waals surface area contributed by atoms with Gasteiger partial charge in [0.15, 0.2) is 0 Å². The van der Waals surface area contributed by atoms with Crippen molar-refractivity contribution in [3.05, 3.63) is 107 Å². The lowest BCUT2D eigenvalue weighted by Gasteiger charge is -2.12. The second-order valence-corrected chi connectivity index (χ2v) is 9.17. The summed E-state index contributed by atoms with van der Waals surface area (Å²) in [7, 11) is 0. The molecule has 1 aromatic heterocycles. The van der Waals surface area contributed by atoms with Gasteiger partial charge in [0, 0.05) is 28.4 Å². The molecule has 1 saturated heterocycles. The van der Waals surface area contributed by atoms with Crippen LogP contribution in [0.25, 0.3) is 17.0 Å². The number of fused-ring (bicyclic) bond motifs is 1. The van der Waals surface area contributed by atoms with E-state index in [0.29, 0.717) is 16.8 Å². The van der Waals surface area contributed by atoms with Crippen LogP contribution in [0.2, 0.25) is 0 Å². The molecule has 9 heteroatoms. The Labute approximate surface area is 209 Å². The number of nitrogens with zero attached hydrogens (tertiary/aromatic N) is 2. The van der Waals surface area contributed by atoms with Gasteiger partial charge in [-0.15, -0.1) is 0 Å². The van der Waals surface area contributed by atoms with Crippen molar-refractivity contribution in [2.45, 2.75) is 13.1 Å². The van der Waals surface area contributed by atoms with Gasteiger partial charge < -0.3 is 9.88 Å². The molecule has 3 aromatic carbocycles. The van der Waals surface area contributed by atoms with Crippen molar-refractivity contribution in [2.75, 3.05) is 5.32 Å². The number of carbonyl (C=O) groups excluding carboxylic acids is 3. The number of hydrogen-bond acceptors (Lipinski definition) is 4. The fraction of sp³-hybridized carbons (Fsp3) is 0.0741. The van der Waals surface area contributed by atoms with E-state index in [1.54, 1.807) is 16.8 Å². The van der Waals surface area contributed by atoms with Crippen molar-refractivity contribution in [3.63, 3.8) is 0 Å². The molecule has 36 heavy (non-hydrogen) atoms. The fourth-order valence-electron chi connectivity index (χ4n) is 3.96. The highest BCUT2D eigenvalue weighted by Gasteiger charge is 2.35. The average Bonchev–Trinajstić information content (AvgIpc) is 3.33. The molecule has 0 unspecified atom stereocenters. The first kappa shape index (κ1) is 23.5. The zero-order valence-corrected chi connectivity index (χ0v) is 19.6. The van der Waals surface area contributed by atoms with Gasteiger partial charge in [-0.25, -0.2) is 8.78 Å². The summed E-state index contributed by atoms with van der Waals surface area (Å²) in [5.74, 6) is -1.51. The number of benzene rings is 3. The highest BCUT2D eigenvalue weighted by Crippen LogP contribution is 2.35. The van der Waals surface area contributed by atoms with E-state index in [-0.39, 0.29) is 23.9 Å². The van der Waals surface area contributed by atoms with Crippen LogP contribution in [-0.2, 0) is 22.7 Å². The minimum atomic E-state index is -0.430. The van der Waals surface area contributed by atoms with Crippen molar-refractivity contribution >= 4 is 51.5 Å². The maximum Gasteiger partial charge on any atom is 0.293 e. The predicted octanol–water partition coefficient (Wildman–Crippen LogP) is 5.79. The normalized spacial score (nSPS) is 14.7. The topological polar surface area (TPSA) is 71.4 Å². The van der Waals surface area contributed by atoms with Crippen molar-refractivity contribution < 1.29 is 23.2 Å². The summed E-state index contributed by atoms with van der Waals surface area (Å²) in [6.45, 7) is 0.0470. The van der Waals surface area contributed by atoms with E-state index < -0.39 is 22.8 Å². The van der Waals surface area contributed by atoms with Gasteiger partial charge in [0.2, 0.25) is 5.91 Å². The molecule has 1 aliphatic heterocycles. The molecule has 1 aliphatic rings. The van der Waals surface area contributed by atoms with E-state index in [2.05, 4.69) is 5.32 Å². The van der Waals surface area contributed by atoms with Crippen molar-refractivity contribution in [1.82, 2.24) is 9.47 Å². The maximum absolute atomic E-state index is 13.2. The molecular formula is C27H19F2N3O3S. The van der Waals surface area contributed by atoms with E-state index in [1.807, 2.05) is 24.3 Å². The Bertz CT molecular complexity index is 1510. The summed E-state index contributed by atoms with van der Waals surface area (Å²) in [6, 6.07) is 18.6. The summed E-state index contributed by atoms with van der Waals surface area (Å²) >= 11 is 0.839. The van der Waals surface area contributed by atoms with Crippen LogP contribution in [0, 0.1) is 11.6 Å². The SMILES string of the molecule is O=C(Cn1cc(C=C2SC(=O)N(Cc3ccc(F)cc3)C2=O)c2ccccc21)Nc1ccc(F)cc1. The molecule has 2 heterocycles. The number of anilines is 1. The highest BCUT2D eigenvalue weighted by molar-refractivity contribution is 8.18. The molecule has 180 valence electrons. The Morgan fingerprint density at radius 2 is 1.58 bits per heavy atom. The van der Waals surface area contributed by atoms with Crippen LogP contribution in [0.3, 0.4) is 0 Å². The highest BCUT2D eigenvalue weighted by atomic mass is 32.2. The molecule has 0 saturated carbocycles. The smallest absolute Gasteiger partial charge is 0.293 e. The molecule has 3 amide bonds. The Kier molecular flexibility index (Phi) is 6.39. The number of para-hydroxylation sites is 1. The van der Waals surface area contributed by atoms with Gasteiger partial charge in [-0.1, -0.05) is 30.3 Å². The van der Waals surface area contributed by atoms with Crippen molar-refractivity contribution in [1.29, 1.82) is 0 Å². The maximum atomic E-state index is 13.2. The van der Waals surface area contributed by atoms with E-state index >= 15 is 0 Å². The Balaban J connectivity index is 1.38. The molecule has 6 nitrogen and oxygen atoms in total. The van der Waals surface area contributed by atoms with Gasteiger partial charge in [-0.05, 0) is 65.9 Å². The average molecular weight is 504 g/mol. The molecule has 0 radical (unpaired) electrons. The van der Waals surface area contributed by atoms with Gasteiger partial charge in [-0.3, -0.25) is 19.3 Å². The molecule has 1 N–H and O–H groups in total. The van der Waals surface area contributed by atoms with Crippen LogP contribution >= 0.6 is 11.8 Å². The Morgan fingerprint density at radius 1 is 0.917 bits per heavy atom. The largest absolute Gasteiger partial charge is 0.337 e. The third-order valence-corrected chi connectivity index (χ3v) is 6.58. The quantitative estimate of drug-likeness (QED) is 0.338. The molecule has 4 aromatic rings. The van der Waals surface area contributed by atoms with Crippen molar-refractivity contribution in [2.24, 2.45) is 0 Å². The molecule has 5 rings (SSSR count). The number of thioether (sulfide) groups is 1. The second kappa shape index (κ2) is 9.79. The van der Waals surface area contributed by atoms with E-state index in [9.17, 15) is 23.2 Å². The van der Waals surface area contributed by atoms with Crippen LogP contribution in [0.5, 0.6) is 0 Å². The van der Waals surface area contributed by atoms with Crippen LogP contribution in [0.1, 0.15) is 11.1 Å². The third-order valence-electron chi connectivity index (χ3n) is 5.68. The summed E-state index contributed by atoms with van der Waals surface area (Å²) in [4.78, 5) is 39.5. The van der Waals surface area contributed by atoms with Crippen LogP contribution < -0.4 is 5.32 Å². The molecular weight excluding hydrogens is 484 g/mol. The second-order valence-electron chi connectivity index (χ2n) is 8.18. The molecule has 0 atom stereocenters. The monoisotopic (exact) mass is 503 g/mol. The summed E-state index contributed by atoms with van der Waals surface area (Å²) in [5, 5.41) is 3.15. The number of amides is 3. The van der Waals surface area contributed by atoms with Gasteiger partial charge in [0.25, 0.3) is 11.1 Å². The molecule has 0 aliphatic carbocycles. The lowest BCUT2D eigenvalue weighted by Crippen LogP contribution is -2.27. The zero-order valence-electron chi connectivity index (χ0n) is 18.8. The number of nitrogens with one attached hydrogen (secondary N) is 1. The first-order chi connectivity index (χ1) is 17.4. The summed E-state index contributed by atoms with van der Waals surface area (Å²) < 4.78 is 28.1. The lowest BCUT2D eigenvalue weighted by atomic mass is 10.1. The molecule has 0 bridgehead atoms. The number of aromatic nitrogens is 1. The van der Waals surface area contributed by atoms with Crippen LogP contribution in [0.4, 0.5) is 19.3 Å². The summed E-state index contributed by atoms with van der Waals surface area (Å²) in [6.07, 6.45) is 3.40. The Hall–Kier alpha value is -4.24. The first-order valence-electron chi connectivity index (χ1n) is 11.0. The van der Waals surface area contributed by atoms with E-state index in [1.165, 1.54) is 48.5 Å². The number of halogens is 2. The van der Waals surface area contributed by atoms with Crippen LogP contribution in [-0.4, -0.2) is 26.5 Å².